The minimum absolute atomic E-state index is 0.179. The van der Waals surface area contributed by atoms with Crippen molar-refractivity contribution in [2.75, 3.05) is 26.2 Å². The highest BCUT2D eigenvalue weighted by molar-refractivity contribution is 5.68. The molecule has 4 nitrogen and oxygen atoms in total. The van der Waals surface area contributed by atoms with Gasteiger partial charge in [-0.2, -0.15) is 0 Å². The van der Waals surface area contributed by atoms with Crippen molar-refractivity contribution in [3.05, 3.63) is 35.4 Å². The fourth-order valence-electron chi connectivity index (χ4n) is 3.39. The van der Waals surface area contributed by atoms with Crippen LogP contribution in [0.25, 0.3) is 0 Å². The monoisotopic (exact) mass is 302 g/mol. The van der Waals surface area contributed by atoms with Gasteiger partial charge in [0, 0.05) is 32.2 Å². The largest absolute Gasteiger partial charge is 0.444 e. The molecule has 1 saturated heterocycles. The van der Waals surface area contributed by atoms with Crippen molar-refractivity contribution in [2.24, 2.45) is 0 Å². The average molecular weight is 302 g/mol. The predicted octanol–water partition coefficient (Wildman–Crippen LogP) is 2.71. The van der Waals surface area contributed by atoms with Crippen LogP contribution in [-0.2, 0) is 17.6 Å². The van der Waals surface area contributed by atoms with E-state index >= 15 is 0 Å². The maximum Gasteiger partial charge on any atom is 0.410 e. The highest BCUT2D eigenvalue weighted by atomic mass is 16.6. The molecule has 22 heavy (non-hydrogen) atoms. The summed E-state index contributed by atoms with van der Waals surface area (Å²) in [4.78, 5) is 16.5. The third-order valence-corrected chi connectivity index (χ3v) is 4.51. The Morgan fingerprint density at radius 2 is 1.59 bits per heavy atom. The lowest BCUT2D eigenvalue weighted by Crippen LogP contribution is -2.53. The molecule has 1 aliphatic carbocycles. The maximum absolute atomic E-state index is 12.1. The molecule has 1 aromatic rings. The first-order valence-electron chi connectivity index (χ1n) is 8.21. The van der Waals surface area contributed by atoms with E-state index in [2.05, 4.69) is 29.2 Å². The van der Waals surface area contributed by atoms with E-state index in [1.807, 2.05) is 25.7 Å². The standard InChI is InChI=1S/C18H26N2O2/c1-18(2,3)22-17(21)20-10-8-19(9-11-20)16-12-14-6-4-5-7-15(14)13-16/h4-7,16H,8-13H2,1-3H3. The topological polar surface area (TPSA) is 32.8 Å². The predicted molar refractivity (Wildman–Crippen MR) is 87.0 cm³/mol. The van der Waals surface area contributed by atoms with E-state index < -0.39 is 5.60 Å². The van der Waals surface area contributed by atoms with Crippen LogP contribution in [0.15, 0.2) is 24.3 Å². The first-order chi connectivity index (χ1) is 10.4. The van der Waals surface area contributed by atoms with Crippen LogP contribution in [0, 0.1) is 0 Å². The number of hydrogen-bond donors (Lipinski definition) is 0. The number of rotatable bonds is 1. The average Bonchev–Trinajstić information content (AvgIpc) is 2.89. The molecule has 1 aromatic carbocycles. The Bertz CT molecular complexity index is 517. The van der Waals surface area contributed by atoms with E-state index in [1.165, 1.54) is 11.1 Å². The lowest BCUT2D eigenvalue weighted by atomic mass is 10.1. The number of hydrogen-bond acceptors (Lipinski definition) is 3. The van der Waals surface area contributed by atoms with Gasteiger partial charge in [0.2, 0.25) is 0 Å². The molecule has 0 bridgehead atoms. The summed E-state index contributed by atoms with van der Waals surface area (Å²) < 4.78 is 5.46. The Morgan fingerprint density at radius 3 is 2.09 bits per heavy atom. The third-order valence-electron chi connectivity index (χ3n) is 4.51. The number of ether oxygens (including phenoxy) is 1. The normalized spacial score (nSPS) is 20.0. The molecule has 0 N–H and O–H groups in total. The molecule has 4 heteroatoms. The van der Waals surface area contributed by atoms with Crippen molar-refractivity contribution in [1.82, 2.24) is 9.80 Å². The van der Waals surface area contributed by atoms with Gasteiger partial charge >= 0.3 is 6.09 Å². The van der Waals surface area contributed by atoms with E-state index in [4.69, 9.17) is 4.74 Å². The summed E-state index contributed by atoms with van der Waals surface area (Å²) in [6.07, 6.45) is 2.10. The fourth-order valence-corrected chi connectivity index (χ4v) is 3.39. The molecule has 1 aliphatic heterocycles. The van der Waals surface area contributed by atoms with E-state index in [9.17, 15) is 4.79 Å². The minimum Gasteiger partial charge on any atom is -0.444 e. The molecule has 0 radical (unpaired) electrons. The van der Waals surface area contributed by atoms with Gasteiger partial charge in [-0.1, -0.05) is 24.3 Å². The van der Waals surface area contributed by atoms with Crippen molar-refractivity contribution >= 4 is 6.09 Å². The van der Waals surface area contributed by atoms with Gasteiger partial charge < -0.3 is 9.64 Å². The third kappa shape index (κ3) is 3.43. The highest BCUT2D eigenvalue weighted by Gasteiger charge is 2.31. The second kappa shape index (κ2) is 5.92. The van der Waals surface area contributed by atoms with E-state index in [0.717, 1.165) is 39.0 Å². The summed E-state index contributed by atoms with van der Waals surface area (Å²) in [7, 11) is 0. The van der Waals surface area contributed by atoms with Gasteiger partial charge in [0.15, 0.2) is 0 Å². The quantitative estimate of drug-likeness (QED) is 0.799. The molecular weight excluding hydrogens is 276 g/mol. The van der Waals surface area contributed by atoms with Crippen LogP contribution in [0.3, 0.4) is 0 Å². The Balaban J connectivity index is 1.52. The fraction of sp³-hybridized carbons (Fsp3) is 0.611. The van der Waals surface area contributed by atoms with Crippen LogP contribution >= 0.6 is 0 Å². The second-order valence-corrected chi connectivity index (χ2v) is 7.33. The molecule has 0 aromatic heterocycles. The van der Waals surface area contributed by atoms with Gasteiger partial charge in [0.25, 0.3) is 0 Å². The van der Waals surface area contributed by atoms with Gasteiger partial charge in [-0.05, 0) is 44.7 Å². The summed E-state index contributed by atoms with van der Waals surface area (Å²) in [6.45, 7) is 9.16. The Labute approximate surface area is 133 Å². The molecule has 120 valence electrons. The maximum atomic E-state index is 12.1. The summed E-state index contributed by atoms with van der Waals surface area (Å²) >= 11 is 0. The number of piperazine rings is 1. The number of fused-ring (bicyclic) bond motifs is 1. The van der Waals surface area contributed by atoms with Gasteiger partial charge in [-0.3, -0.25) is 4.90 Å². The molecule has 0 spiro atoms. The van der Waals surface area contributed by atoms with Gasteiger partial charge in [0.1, 0.15) is 5.60 Å². The van der Waals surface area contributed by atoms with Gasteiger partial charge in [-0.25, -0.2) is 4.79 Å². The lowest BCUT2D eigenvalue weighted by Gasteiger charge is -2.38. The van der Waals surface area contributed by atoms with Crippen molar-refractivity contribution in [2.45, 2.75) is 45.3 Å². The summed E-state index contributed by atoms with van der Waals surface area (Å²) in [5.74, 6) is 0. The number of nitrogens with zero attached hydrogens (tertiary/aromatic N) is 2. The van der Waals surface area contributed by atoms with E-state index in [0.29, 0.717) is 6.04 Å². The van der Waals surface area contributed by atoms with Crippen LogP contribution < -0.4 is 0 Å². The minimum atomic E-state index is -0.415. The van der Waals surface area contributed by atoms with Crippen LogP contribution in [0.2, 0.25) is 0 Å². The van der Waals surface area contributed by atoms with Crippen LogP contribution in [-0.4, -0.2) is 53.7 Å². The Kier molecular flexibility index (Phi) is 4.13. The van der Waals surface area contributed by atoms with E-state index in [-0.39, 0.29) is 6.09 Å². The van der Waals surface area contributed by atoms with E-state index in [1.54, 1.807) is 0 Å². The summed E-state index contributed by atoms with van der Waals surface area (Å²) in [6, 6.07) is 9.33. The van der Waals surface area contributed by atoms with Crippen LogP contribution in [0.4, 0.5) is 4.79 Å². The smallest absolute Gasteiger partial charge is 0.410 e. The highest BCUT2D eigenvalue weighted by Crippen LogP contribution is 2.26. The second-order valence-electron chi connectivity index (χ2n) is 7.33. The molecule has 1 fully saturated rings. The zero-order valence-electron chi connectivity index (χ0n) is 13.8. The van der Waals surface area contributed by atoms with Crippen molar-refractivity contribution in [3.8, 4) is 0 Å². The first kappa shape index (κ1) is 15.3. The summed E-state index contributed by atoms with van der Waals surface area (Å²) in [5.41, 5.74) is 2.56. The summed E-state index contributed by atoms with van der Waals surface area (Å²) in [5, 5.41) is 0. The van der Waals surface area contributed by atoms with Crippen LogP contribution in [0.5, 0.6) is 0 Å². The zero-order valence-corrected chi connectivity index (χ0v) is 13.8. The number of carbonyl (C=O) groups excluding carboxylic acids is 1. The van der Waals surface area contributed by atoms with Gasteiger partial charge in [-0.15, -0.1) is 0 Å². The Hall–Kier alpha value is -1.55. The first-order valence-corrected chi connectivity index (χ1v) is 8.21. The molecule has 3 rings (SSSR count). The lowest BCUT2D eigenvalue weighted by molar-refractivity contribution is 0.0107. The SMILES string of the molecule is CC(C)(C)OC(=O)N1CCN(C2Cc3ccccc3C2)CC1. The molecule has 1 heterocycles. The van der Waals surface area contributed by atoms with Crippen molar-refractivity contribution < 1.29 is 9.53 Å². The molecule has 0 saturated carbocycles. The number of amides is 1. The van der Waals surface area contributed by atoms with Crippen LogP contribution in [0.1, 0.15) is 31.9 Å². The zero-order chi connectivity index (χ0) is 15.7. The number of benzene rings is 1. The molecule has 0 unspecified atom stereocenters. The molecule has 0 atom stereocenters. The van der Waals surface area contributed by atoms with Gasteiger partial charge in [0.05, 0.1) is 0 Å². The van der Waals surface area contributed by atoms with Crippen molar-refractivity contribution in [3.63, 3.8) is 0 Å². The molecule has 2 aliphatic rings. The molecular formula is C18H26N2O2. The Morgan fingerprint density at radius 1 is 1.05 bits per heavy atom. The van der Waals surface area contributed by atoms with Crippen molar-refractivity contribution in [1.29, 1.82) is 0 Å². The molecule has 1 amide bonds. The number of carbonyl (C=O) groups is 1.